The number of hydrogen-bond donors (Lipinski definition) is 2. The highest BCUT2D eigenvalue weighted by atomic mass is 16.2. The number of fused-ring (bicyclic) bond motifs is 1. The third-order valence-electron chi connectivity index (χ3n) is 8.81. The molecule has 4 heteroatoms. The molecule has 2 aromatic rings. The van der Waals surface area contributed by atoms with E-state index in [1.54, 1.807) is 0 Å². The zero-order valence-corrected chi connectivity index (χ0v) is 18.4. The molecule has 4 bridgehead atoms. The molecule has 162 valence electrons. The van der Waals surface area contributed by atoms with Gasteiger partial charge in [-0.2, -0.15) is 0 Å². The number of nitrogens with one attached hydrogen (secondary N) is 2. The number of benzene rings is 1. The van der Waals surface area contributed by atoms with Crippen LogP contribution in [0.2, 0.25) is 0 Å². The molecule has 4 saturated carbocycles. The SMILES string of the molecule is Cc1ccc(C23CC4CC(CC(C(=O)NCc5cc6c([nH]c5=O)CCC6)(C4)C2)C3)cc1. The second-order valence-electron chi connectivity index (χ2n) is 11.1. The van der Waals surface area contributed by atoms with Crippen LogP contribution in [0.4, 0.5) is 0 Å². The summed E-state index contributed by atoms with van der Waals surface area (Å²) in [5.41, 5.74) is 5.60. The Morgan fingerprint density at radius 3 is 2.58 bits per heavy atom. The van der Waals surface area contributed by atoms with Crippen molar-refractivity contribution in [3.05, 3.63) is 68.6 Å². The van der Waals surface area contributed by atoms with Gasteiger partial charge in [-0.15, -0.1) is 0 Å². The number of amides is 1. The molecule has 1 heterocycles. The molecule has 5 aliphatic rings. The predicted molar refractivity (Wildman–Crippen MR) is 121 cm³/mol. The Balaban J connectivity index is 1.25. The number of H-pyrrole nitrogens is 1. The Morgan fingerprint density at radius 1 is 1.10 bits per heavy atom. The van der Waals surface area contributed by atoms with E-state index >= 15 is 0 Å². The summed E-state index contributed by atoms with van der Waals surface area (Å²) >= 11 is 0. The largest absolute Gasteiger partial charge is 0.351 e. The fourth-order valence-electron chi connectivity index (χ4n) is 7.83. The van der Waals surface area contributed by atoms with Gasteiger partial charge in [0.25, 0.3) is 5.56 Å². The van der Waals surface area contributed by atoms with E-state index in [-0.39, 0.29) is 22.3 Å². The molecule has 7 rings (SSSR count). The quantitative estimate of drug-likeness (QED) is 0.779. The number of rotatable bonds is 4. The summed E-state index contributed by atoms with van der Waals surface area (Å²) in [6.45, 7) is 2.48. The molecule has 31 heavy (non-hydrogen) atoms. The molecule has 0 saturated heterocycles. The minimum atomic E-state index is -0.265. The van der Waals surface area contributed by atoms with E-state index in [2.05, 4.69) is 41.5 Å². The van der Waals surface area contributed by atoms with Gasteiger partial charge in [-0.3, -0.25) is 9.59 Å². The average Bonchev–Trinajstić information content (AvgIpc) is 3.18. The van der Waals surface area contributed by atoms with Gasteiger partial charge in [0.2, 0.25) is 5.91 Å². The molecule has 0 aliphatic heterocycles. The second kappa shape index (κ2) is 6.82. The third-order valence-corrected chi connectivity index (χ3v) is 8.81. The number of hydrogen-bond acceptors (Lipinski definition) is 2. The summed E-state index contributed by atoms with van der Waals surface area (Å²) in [4.78, 5) is 29.2. The van der Waals surface area contributed by atoms with Crippen LogP contribution < -0.4 is 10.9 Å². The van der Waals surface area contributed by atoms with Crippen molar-refractivity contribution >= 4 is 5.91 Å². The monoisotopic (exact) mass is 416 g/mol. The van der Waals surface area contributed by atoms with E-state index in [4.69, 9.17) is 0 Å². The molecule has 4 nitrogen and oxygen atoms in total. The number of carbonyl (C=O) groups excluding carboxylic acids is 1. The second-order valence-corrected chi connectivity index (χ2v) is 11.1. The predicted octanol–water partition coefficient (Wildman–Crippen LogP) is 4.33. The van der Waals surface area contributed by atoms with Gasteiger partial charge < -0.3 is 10.3 Å². The lowest BCUT2D eigenvalue weighted by atomic mass is 9.42. The standard InChI is InChI=1S/C27H32N2O2/c1-17-5-7-22(8-6-17)26-11-18-9-19(12-26)14-27(13-18,16-26)25(31)28-15-21-10-20-3-2-4-23(20)29-24(21)30/h5-8,10,18-19H,2-4,9,11-16H2,1H3,(H,28,31)(H,29,30). The summed E-state index contributed by atoms with van der Waals surface area (Å²) in [6.07, 6.45) is 9.83. The topological polar surface area (TPSA) is 62.0 Å². The van der Waals surface area contributed by atoms with E-state index in [1.165, 1.54) is 36.0 Å². The zero-order chi connectivity index (χ0) is 21.2. The molecule has 2 unspecified atom stereocenters. The van der Waals surface area contributed by atoms with Gasteiger partial charge in [-0.25, -0.2) is 0 Å². The van der Waals surface area contributed by atoms with Gasteiger partial charge in [0.1, 0.15) is 0 Å². The van der Waals surface area contributed by atoms with Crippen molar-refractivity contribution in [3.63, 3.8) is 0 Å². The van der Waals surface area contributed by atoms with Crippen molar-refractivity contribution in [2.75, 3.05) is 0 Å². The zero-order valence-electron chi connectivity index (χ0n) is 18.4. The minimum absolute atomic E-state index is 0.0393. The van der Waals surface area contributed by atoms with Crippen molar-refractivity contribution in [3.8, 4) is 0 Å². The van der Waals surface area contributed by atoms with Crippen LogP contribution in [0.25, 0.3) is 0 Å². The molecule has 2 atom stereocenters. The molecular formula is C27H32N2O2. The number of aromatic amines is 1. The number of carbonyl (C=O) groups is 1. The van der Waals surface area contributed by atoms with Gasteiger partial charge in [0, 0.05) is 17.8 Å². The van der Waals surface area contributed by atoms with E-state index in [1.807, 2.05) is 6.07 Å². The average molecular weight is 417 g/mol. The first-order valence-electron chi connectivity index (χ1n) is 12.0. The van der Waals surface area contributed by atoms with Crippen LogP contribution in [0, 0.1) is 24.2 Å². The lowest BCUT2D eigenvalue weighted by Gasteiger charge is -2.61. The van der Waals surface area contributed by atoms with Gasteiger partial charge in [-0.1, -0.05) is 29.8 Å². The van der Waals surface area contributed by atoms with E-state index < -0.39 is 0 Å². The molecule has 1 aromatic heterocycles. The summed E-state index contributed by atoms with van der Waals surface area (Å²) < 4.78 is 0. The maximum atomic E-state index is 13.6. The summed E-state index contributed by atoms with van der Waals surface area (Å²) in [5.74, 6) is 1.48. The number of aromatic nitrogens is 1. The maximum Gasteiger partial charge on any atom is 0.253 e. The van der Waals surface area contributed by atoms with E-state index in [9.17, 15) is 9.59 Å². The van der Waals surface area contributed by atoms with Gasteiger partial charge in [0.15, 0.2) is 0 Å². The Bertz CT molecular complexity index is 1080. The van der Waals surface area contributed by atoms with Crippen LogP contribution in [0.3, 0.4) is 0 Å². The van der Waals surface area contributed by atoms with E-state index in [0.717, 1.165) is 44.2 Å². The smallest absolute Gasteiger partial charge is 0.253 e. The van der Waals surface area contributed by atoms with Gasteiger partial charge >= 0.3 is 0 Å². The molecule has 1 aromatic carbocycles. The fraction of sp³-hybridized carbons (Fsp3) is 0.556. The van der Waals surface area contributed by atoms with Crippen LogP contribution in [0.15, 0.2) is 35.1 Å². The maximum absolute atomic E-state index is 13.6. The van der Waals surface area contributed by atoms with Crippen molar-refractivity contribution in [2.24, 2.45) is 17.3 Å². The van der Waals surface area contributed by atoms with Crippen LogP contribution in [-0.2, 0) is 29.6 Å². The van der Waals surface area contributed by atoms with Crippen molar-refractivity contribution in [1.82, 2.24) is 10.3 Å². The normalized spacial score (nSPS) is 32.8. The highest BCUT2D eigenvalue weighted by Crippen LogP contribution is 2.65. The number of aryl methyl sites for hydroxylation is 3. The van der Waals surface area contributed by atoms with E-state index in [0.29, 0.717) is 23.9 Å². The lowest BCUT2D eigenvalue weighted by Crippen LogP contribution is -2.59. The first-order valence-corrected chi connectivity index (χ1v) is 12.0. The van der Waals surface area contributed by atoms with Crippen LogP contribution >= 0.6 is 0 Å². The fourth-order valence-corrected chi connectivity index (χ4v) is 7.83. The first-order chi connectivity index (χ1) is 14.9. The molecule has 2 N–H and O–H groups in total. The molecular weight excluding hydrogens is 384 g/mol. The van der Waals surface area contributed by atoms with Crippen molar-refractivity contribution in [2.45, 2.75) is 76.7 Å². The summed E-state index contributed by atoms with van der Waals surface area (Å²) in [5, 5.41) is 3.21. The van der Waals surface area contributed by atoms with Crippen LogP contribution in [-0.4, -0.2) is 10.9 Å². The Morgan fingerprint density at radius 2 is 1.84 bits per heavy atom. The van der Waals surface area contributed by atoms with Gasteiger partial charge in [-0.05, 0) is 99.2 Å². The lowest BCUT2D eigenvalue weighted by molar-refractivity contribution is -0.149. The Kier molecular flexibility index (Phi) is 4.25. The van der Waals surface area contributed by atoms with Crippen molar-refractivity contribution < 1.29 is 4.79 Å². The summed E-state index contributed by atoms with van der Waals surface area (Å²) in [7, 11) is 0. The van der Waals surface area contributed by atoms with Gasteiger partial charge in [0.05, 0.1) is 5.41 Å². The summed E-state index contributed by atoms with van der Waals surface area (Å²) in [6, 6.07) is 11.1. The highest BCUT2D eigenvalue weighted by Gasteiger charge is 2.60. The van der Waals surface area contributed by atoms with Crippen molar-refractivity contribution in [1.29, 1.82) is 0 Å². The third kappa shape index (κ3) is 3.09. The molecule has 0 spiro atoms. The van der Waals surface area contributed by atoms with Crippen LogP contribution in [0.1, 0.15) is 72.9 Å². The molecule has 4 fully saturated rings. The van der Waals surface area contributed by atoms with Crippen LogP contribution in [0.5, 0.6) is 0 Å². The Labute approximate surface area is 183 Å². The molecule has 0 radical (unpaired) electrons. The molecule has 1 amide bonds. The molecule has 5 aliphatic carbocycles. The first kappa shape index (κ1) is 19.3. The minimum Gasteiger partial charge on any atom is -0.351 e. The Hall–Kier alpha value is -2.36. The number of pyridine rings is 1. The highest BCUT2D eigenvalue weighted by molar-refractivity contribution is 5.83.